The highest BCUT2D eigenvalue weighted by Gasteiger charge is 2.24. The maximum absolute atomic E-state index is 4.93. The van der Waals surface area contributed by atoms with Gasteiger partial charge in [-0.15, -0.1) is 24.0 Å². The molecule has 0 bridgehead atoms. The van der Waals surface area contributed by atoms with Crippen LogP contribution in [0.1, 0.15) is 40.0 Å². The largest absolute Gasteiger partial charge is 0.371 e. The molecule has 0 aromatic heterocycles. The molecule has 1 aromatic carbocycles. The summed E-state index contributed by atoms with van der Waals surface area (Å²) in [6.45, 7) is 13.2. The second-order valence-electron chi connectivity index (χ2n) is 8.20. The molecular formula is C22H38IN5. The van der Waals surface area contributed by atoms with Gasteiger partial charge in [0.25, 0.3) is 0 Å². The molecule has 0 amide bonds. The third-order valence-corrected chi connectivity index (χ3v) is 5.86. The van der Waals surface area contributed by atoms with Crippen molar-refractivity contribution in [1.29, 1.82) is 0 Å². The van der Waals surface area contributed by atoms with Crippen LogP contribution in [0, 0.1) is 5.92 Å². The fraction of sp³-hybridized carbons (Fsp3) is 0.682. The molecule has 2 saturated heterocycles. The third-order valence-electron chi connectivity index (χ3n) is 5.86. The molecule has 1 unspecified atom stereocenters. The molecule has 0 saturated carbocycles. The first kappa shape index (κ1) is 23.3. The molecule has 5 nitrogen and oxygen atoms in total. The van der Waals surface area contributed by atoms with Crippen LogP contribution in [0.3, 0.4) is 0 Å². The molecule has 6 heteroatoms. The summed E-state index contributed by atoms with van der Waals surface area (Å²) in [6, 6.07) is 11.9. The van der Waals surface area contributed by atoms with Crippen molar-refractivity contribution in [3.05, 3.63) is 30.3 Å². The summed E-state index contributed by atoms with van der Waals surface area (Å²) in [4.78, 5) is 9.98. The van der Waals surface area contributed by atoms with Crippen LogP contribution < -0.4 is 15.5 Å². The smallest absolute Gasteiger partial charge is 0.191 e. The van der Waals surface area contributed by atoms with Crippen LogP contribution in [0.15, 0.2) is 35.3 Å². The summed E-state index contributed by atoms with van der Waals surface area (Å²) in [7, 11) is 0. The van der Waals surface area contributed by atoms with Crippen molar-refractivity contribution in [1.82, 2.24) is 15.5 Å². The number of nitrogens with one attached hydrogen (secondary N) is 2. The molecule has 2 heterocycles. The quantitative estimate of drug-likeness (QED) is 0.357. The summed E-state index contributed by atoms with van der Waals surface area (Å²) in [5.74, 6) is 1.64. The Kier molecular flexibility index (Phi) is 9.85. The van der Waals surface area contributed by atoms with Gasteiger partial charge in [-0.1, -0.05) is 18.2 Å². The Balaban J connectivity index is 0.00000280. The number of piperidine rings is 1. The van der Waals surface area contributed by atoms with Gasteiger partial charge in [-0.3, -0.25) is 4.99 Å². The van der Waals surface area contributed by atoms with Gasteiger partial charge in [-0.2, -0.15) is 0 Å². The van der Waals surface area contributed by atoms with E-state index in [0.717, 1.165) is 32.1 Å². The number of rotatable bonds is 6. The lowest BCUT2D eigenvalue weighted by Crippen LogP contribution is -2.50. The number of likely N-dealkylation sites (tertiary alicyclic amines) is 1. The zero-order valence-corrected chi connectivity index (χ0v) is 20.1. The topological polar surface area (TPSA) is 42.9 Å². The summed E-state index contributed by atoms with van der Waals surface area (Å²) < 4.78 is 0. The molecule has 0 aliphatic carbocycles. The highest BCUT2D eigenvalue weighted by atomic mass is 127. The third kappa shape index (κ3) is 6.79. The Morgan fingerprint density at radius 2 is 1.82 bits per heavy atom. The van der Waals surface area contributed by atoms with Gasteiger partial charge in [0.15, 0.2) is 5.96 Å². The molecular weight excluding hydrogens is 461 g/mol. The maximum atomic E-state index is 4.93. The Hall–Kier alpha value is -1.02. The minimum Gasteiger partial charge on any atom is -0.371 e. The minimum atomic E-state index is 0. The van der Waals surface area contributed by atoms with Crippen LogP contribution in [-0.2, 0) is 0 Å². The van der Waals surface area contributed by atoms with Crippen LogP contribution in [-0.4, -0.2) is 62.2 Å². The first-order valence-electron chi connectivity index (χ1n) is 10.7. The number of aliphatic imine (C=N–C) groups is 1. The molecule has 1 aromatic rings. The lowest BCUT2D eigenvalue weighted by molar-refractivity contribution is 0.167. The van der Waals surface area contributed by atoms with Crippen molar-refractivity contribution in [2.45, 2.75) is 52.1 Å². The van der Waals surface area contributed by atoms with Gasteiger partial charge in [-0.05, 0) is 58.1 Å². The molecule has 28 heavy (non-hydrogen) atoms. The molecule has 2 fully saturated rings. The zero-order valence-electron chi connectivity index (χ0n) is 17.7. The maximum Gasteiger partial charge on any atom is 0.191 e. The van der Waals surface area contributed by atoms with E-state index in [1.807, 2.05) is 0 Å². The van der Waals surface area contributed by atoms with Gasteiger partial charge in [-0.25, -0.2) is 0 Å². The first-order valence-corrected chi connectivity index (χ1v) is 10.7. The normalized spacial score (nSPS) is 21.6. The second-order valence-corrected chi connectivity index (χ2v) is 8.20. The lowest BCUT2D eigenvalue weighted by atomic mass is 10.0. The molecule has 158 valence electrons. The summed E-state index contributed by atoms with van der Waals surface area (Å²) in [6.07, 6.45) is 3.63. The number of nitrogens with zero attached hydrogens (tertiary/aromatic N) is 3. The van der Waals surface area contributed by atoms with E-state index in [-0.39, 0.29) is 24.0 Å². The van der Waals surface area contributed by atoms with Crippen LogP contribution in [0.2, 0.25) is 0 Å². The van der Waals surface area contributed by atoms with Gasteiger partial charge in [0.1, 0.15) is 0 Å². The summed E-state index contributed by atoms with van der Waals surface area (Å²) in [5.41, 5.74) is 1.34. The highest BCUT2D eigenvalue weighted by molar-refractivity contribution is 14.0. The van der Waals surface area contributed by atoms with Crippen molar-refractivity contribution in [3.63, 3.8) is 0 Å². The van der Waals surface area contributed by atoms with Gasteiger partial charge >= 0.3 is 0 Å². The van der Waals surface area contributed by atoms with Crippen LogP contribution >= 0.6 is 24.0 Å². The van der Waals surface area contributed by atoms with Crippen molar-refractivity contribution in [3.8, 4) is 0 Å². The molecule has 2 N–H and O–H groups in total. The number of anilines is 1. The predicted molar refractivity (Wildman–Crippen MR) is 131 cm³/mol. The fourth-order valence-electron chi connectivity index (χ4n) is 4.15. The van der Waals surface area contributed by atoms with E-state index < -0.39 is 0 Å². The Morgan fingerprint density at radius 1 is 1.11 bits per heavy atom. The van der Waals surface area contributed by atoms with Crippen LogP contribution in [0.4, 0.5) is 5.69 Å². The van der Waals surface area contributed by atoms with E-state index in [0.29, 0.717) is 18.0 Å². The van der Waals surface area contributed by atoms with Gasteiger partial charge < -0.3 is 20.4 Å². The monoisotopic (exact) mass is 499 g/mol. The number of benzene rings is 1. The second kappa shape index (κ2) is 11.9. The number of guanidine groups is 1. The molecule has 0 radical (unpaired) electrons. The predicted octanol–water partition coefficient (Wildman–Crippen LogP) is 3.56. The van der Waals surface area contributed by atoms with Gasteiger partial charge in [0.2, 0.25) is 0 Å². The minimum absolute atomic E-state index is 0. The standard InChI is InChI=1S/C22H37N5.HI/c1-4-23-22(25-20-11-14-26(15-12-20)18(2)3)24-16-19-10-13-27(17-19)21-8-6-5-7-9-21;/h5-9,18-20H,4,10-17H2,1-3H3,(H2,23,24,25);1H. The average molecular weight is 499 g/mol. The van der Waals surface area contributed by atoms with E-state index in [9.17, 15) is 0 Å². The SMILES string of the molecule is CCNC(=NCC1CCN(c2ccccc2)C1)NC1CCN(C(C)C)CC1.I. The number of halogens is 1. The average Bonchev–Trinajstić information content (AvgIpc) is 3.16. The molecule has 2 aliphatic rings. The number of hydrogen-bond acceptors (Lipinski definition) is 3. The summed E-state index contributed by atoms with van der Waals surface area (Å²) >= 11 is 0. The Labute approximate surface area is 188 Å². The zero-order chi connectivity index (χ0) is 19.1. The first-order chi connectivity index (χ1) is 13.2. The van der Waals surface area contributed by atoms with E-state index in [4.69, 9.17) is 4.99 Å². The van der Waals surface area contributed by atoms with Crippen molar-refractivity contribution in [2.24, 2.45) is 10.9 Å². The fourth-order valence-corrected chi connectivity index (χ4v) is 4.15. The van der Waals surface area contributed by atoms with E-state index in [1.165, 1.54) is 38.0 Å². The molecule has 1 atom stereocenters. The molecule has 0 spiro atoms. The number of para-hydroxylation sites is 1. The van der Waals surface area contributed by atoms with Gasteiger partial charge in [0, 0.05) is 57.0 Å². The van der Waals surface area contributed by atoms with Crippen LogP contribution in [0.25, 0.3) is 0 Å². The number of hydrogen-bond donors (Lipinski definition) is 2. The highest BCUT2D eigenvalue weighted by Crippen LogP contribution is 2.23. The van der Waals surface area contributed by atoms with Crippen LogP contribution in [0.5, 0.6) is 0 Å². The van der Waals surface area contributed by atoms with Crippen molar-refractivity contribution < 1.29 is 0 Å². The Bertz CT molecular complexity index is 584. The van der Waals surface area contributed by atoms with E-state index in [1.54, 1.807) is 0 Å². The van der Waals surface area contributed by atoms with Crippen molar-refractivity contribution in [2.75, 3.05) is 44.2 Å². The molecule has 3 rings (SSSR count). The van der Waals surface area contributed by atoms with Gasteiger partial charge in [0.05, 0.1) is 0 Å². The molecule has 2 aliphatic heterocycles. The van der Waals surface area contributed by atoms with E-state index in [2.05, 4.69) is 71.5 Å². The van der Waals surface area contributed by atoms with E-state index >= 15 is 0 Å². The summed E-state index contributed by atoms with van der Waals surface area (Å²) in [5, 5.41) is 7.12. The Morgan fingerprint density at radius 3 is 2.46 bits per heavy atom. The lowest BCUT2D eigenvalue weighted by Gasteiger charge is -2.35. The van der Waals surface area contributed by atoms with Crippen molar-refractivity contribution >= 4 is 35.6 Å².